The SMILES string of the molecule is CCNC1C#CCC1. The first-order chi connectivity index (χ1) is 3.93. The van der Waals surface area contributed by atoms with E-state index in [1.807, 2.05) is 0 Å². The van der Waals surface area contributed by atoms with Gasteiger partial charge in [0, 0.05) is 6.42 Å². The minimum Gasteiger partial charge on any atom is -0.304 e. The van der Waals surface area contributed by atoms with Gasteiger partial charge in [-0.25, -0.2) is 0 Å². The van der Waals surface area contributed by atoms with Crippen LogP contribution in [0, 0.1) is 11.8 Å². The highest BCUT2D eigenvalue weighted by molar-refractivity contribution is 5.14. The molecule has 0 aliphatic heterocycles. The summed E-state index contributed by atoms with van der Waals surface area (Å²) in [6, 6.07) is 0.500. The highest BCUT2D eigenvalue weighted by atomic mass is 14.9. The third-order valence-corrected chi connectivity index (χ3v) is 1.28. The molecule has 0 aromatic rings. The van der Waals surface area contributed by atoms with Gasteiger partial charge in [0.15, 0.2) is 0 Å². The molecule has 0 aromatic carbocycles. The Balaban J connectivity index is 2.20. The normalized spacial score (nSPS) is 24.9. The minimum absolute atomic E-state index is 0.500. The minimum atomic E-state index is 0.500. The maximum absolute atomic E-state index is 3.27. The fourth-order valence-electron chi connectivity index (χ4n) is 0.884. The highest BCUT2D eigenvalue weighted by Gasteiger charge is 2.04. The van der Waals surface area contributed by atoms with Crippen molar-refractivity contribution in [3.63, 3.8) is 0 Å². The van der Waals surface area contributed by atoms with Gasteiger partial charge in [0.25, 0.3) is 0 Å². The van der Waals surface area contributed by atoms with Gasteiger partial charge in [-0.2, -0.15) is 0 Å². The molecule has 1 rings (SSSR count). The van der Waals surface area contributed by atoms with E-state index in [0.29, 0.717) is 6.04 Å². The van der Waals surface area contributed by atoms with Gasteiger partial charge >= 0.3 is 0 Å². The predicted octanol–water partition coefficient (Wildman–Crippen LogP) is 0.762. The van der Waals surface area contributed by atoms with Crippen molar-refractivity contribution in [3.05, 3.63) is 0 Å². The first-order valence-electron chi connectivity index (χ1n) is 3.15. The third kappa shape index (κ3) is 1.24. The van der Waals surface area contributed by atoms with Gasteiger partial charge in [0.2, 0.25) is 0 Å². The average molecular weight is 109 g/mol. The van der Waals surface area contributed by atoms with Crippen LogP contribution in [0.25, 0.3) is 0 Å². The van der Waals surface area contributed by atoms with Crippen LogP contribution >= 0.6 is 0 Å². The van der Waals surface area contributed by atoms with Crippen LogP contribution in [0.2, 0.25) is 0 Å². The molecule has 1 N–H and O–H groups in total. The Kier molecular flexibility index (Phi) is 1.93. The second-order valence-corrected chi connectivity index (χ2v) is 1.97. The molecule has 0 spiro atoms. The number of hydrogen-bond acceptors (Lipinski definition) is 1. The molecular formula is C7H11N. The van der Waals surface area contributed by atoms with Crippen molar-refractivity contribution in [3.8, 4) is 11.8 Å². The molecule has 0 saturated carbocycles. The Morgan fingerprint density at radius 3 is 3.12 bits per heavy atom. The second-order valence-electron chi connectivity index (χ2n) is 1.97. The molecule has 0 aromatic heterocycles. The topological polar surface area (TPSA) is 12.0 Å². The summed E-state index contributed by atoms with van der Waals surface area (Å²) in [6.45, 7) is 3.15. The van der Waals surface area contributed by atoms with Gasteiger partial charge in [0.1, 0.15) is 0 Å². The molecular weight excluding hydrogens is 98.1 g/mol. The molecule has 1 unspecified atom stereocenters. The Morgan fingerprint density at radius 1 is 1.75 bits per heavy atom. The van der Waals surface area contributed by atoms with Crippen molar-refractivity contribution >= 4 is 0 Å². The van der Waals surface area contributed by atoms with Crippen LogP contribution < -0.4 is 5.32 Å². The lowest BCUT2D eigenvalue weighted by molar-refractivity contribution is 0.612. The van der Waals surface area contributed by atoms with E-state index in [1.54, 1.807) is 0 Å². The van der Waals surface area contributed by atoms with Gasteiger partial charge in [0.05, 0.1) is 6.04 Å². The smallest absolute Gasteiger partial charge is 0.0698 e. The van der Waals surface area contributed by atoms with Gasteiger partial charge in [-0.1, -0.05) is 12.8 Å². The second kappa shape index (κ2) is 2.74. The summed E-state index contributed by atoms with van der Waals surface area (Å²) in [5.41, 5.74) is 0. The Labute approximate surface area is 50.5 Å². The zero-order valence-electron chi connectivity index (χ0n) is 5.20. The Morgan fingerprint density at radius 2 is 2.62 bits per heavy atom. The number of hydrogen-bond donors (Lipinski definition) is 1. The van der Waals surface area contributed by atoms with Crippen molar-refractivity contribution in [2.24, 2.45) is 0 Å². The van der Waals surface area contributed by atoms with Gasteiger partial charge < -0.3 is 5.32 Å². The molecule has 1 atom stereocenters. The van der Waals surface area contributed by atoms with Gasteiger partial charge in [-0.15, -0.1) is 5.92 Å². The molecule has 1 heteroatoms. The van der Waals surface area contributed by atoms with Crippen LogP contribution in [0.15, 0.2) is 0 Å². The average Bonchev–Trinajstić information content (AvgIpc) is 2.19. The van der Waals surface area contributed by atoms with Gasteiger partial charge in [-0.3, -0.25) is 0 Å². The first-order valence-corrected chi connectivity index (χ1v) is 3.15. The molecule has 1 nitrogen and oxygen atoms in total. The highest BCUT2D eigenvalue weighted by Crippen LogP contribution is 2.00. The van der Waals surface area contributed by atoms with Crippen molar-refractivity contribution in [2.75, 3.05) is 6.54 Å². The van der Waals surface area contributed by atoms with Gasteiger partial charge in [-0.05, 0) is 13.0 Å². The summed E-state index contributed by atoms with van der Waals surface area (Å²) in [5.74, 6) is 6.14. The van der Waals surface area contributed by atoms with E-state index in [4.69, 9.17) is 0 Å². The fourth-order valence-corrected chi connectivity index (χ4v) is 0.884. The molecule has 0 fully saturated rings. The Hall–Kier alpha value is -0.480. The maximum Gasteiger partial charge on any atom is 0.0698 e. The zero-order chi connectivity index (χ0) is 5.82. The van der Waals surface area contributed by atoms with Crippen LogP contribution in [0.3, 0.4) is 0 Å². The van der Waals surface area contributed by atoms with Crippen molar-refractivity contribution in [2.45, 2.75) is 25.8 Å². The van der Waals surface area contributed by atoms with E-state index in [9.17, 15) is 0 Å². The molecule has 0 radical (unpaired) electrons. The summed E-state index contributed by atoms with van der Waals surface area (Å²) < 4.78 is 0. The number of rotatable bonds is 2. The molecule has 8 heavy (non-hydrogen) atoms. The van der Waals surface area contributed by atoms with Crippen molar-refractivity contribution < 1.29 is 0 Å². The van der Waals surface area contributed by atoms with Crippen LogP contribution in [0.1, 0.15) is 19.8 Å². The van der Waals surface area contributed by atoms with Crippen LogP contribution in [-0.2, 0) is 0 Å². The molecule has 0 heterocycles. The van der Waals surface area contributed by atoms with E-state index in [2.05, 4.69) is 24.1 Å². The molecule has 1 aliphatic carbocycles. The largest absolute Gasteiger partial charge is 0.304 e. The summed E-state index contributed by atoms with van der Waals surface area (Å²) >= 11 is 0. The quantitative estimate of drug-likeness (QED) is 0.516. The lowest BCUT2D eigenvalue weighted by atomic mass is 10.2. The zero-order valence-corrected chi connectivity index (χ0v) is 5.20. The Bertz CT molecular complexity index is 118. The first kappa shape index (κ1) is 5.65. The third-order valence-electron chi connectivity index (χ3n) is 1.28. The summed E-state index contributed by atoms with van der Waals surface area (Å²) in [4.78, 5) is 0. The van der Waals surface area contributed by atoms with Crippen LogP contribution in [0.5, 0.6) is 0 Å². The van der Waals surface area contributed by atoms with Crippen LogP contribution in [0.4, 0.5) is 0 Å². The lowest BCUT2D eigenvalue weighted by Gasteiger charge is -2.03. The van der Waals surface area contributed by atoms with E-state index < -0.39 is 0 Å². The van der Waals surface area contributed by atoms with E-state index in [1.165, 1.54) is 6.42 Å². The number of nitrogens with one attached hydrogen (secondary N) is 1. The molecule has 44 valence electrons. The van der Waals surface area contributed by atoms with E-state index in [0.717, 1.165) is 13.0 Å². The van der Waals surface area contributed by atoms with E-state index in [-0.39, 0.29) is 0 Å². The van der Waals surface area contributed by atoms with E-state index >= 15 is 0 Å². The summed E-state index contributed by atoms with van der Waals surface area (Å²) in [6.07, 6.45) is 2.27. The lowest BCUT2D eigenvalue weighted by Crippen LogP contribution is -2.24. The summed E-state index contributed by atoms with van der Waals surface area (Å²) in [7, 11) is 0. The summed E-state index contributed by atoms with van der Waals surface area (Å²) in [5, 5.41) is 3.27. The molecule has 0 saturated heterocycles. The van der Waals surface area contributed by atoms with Crippen molar-refractivity contribution in [1.29, 1.82) is 0 Å². The van der Waals surface area contributed by atoms with Crippen molar-refractivity contribution in [1.82, 2.24) is 5.32 Å². The molecule has 0 amide bonds. The van der Waals surface area contributed by atoms with Crippen LogP contribution in [-0.4, -0.2) is 12.6 Å². The standard InChI is InChI=1S/C7H11N/c1-2-8-7-5-3-4-6-7/h7-8H,2-3,5H2,1H3. The predicted molar refractivity (Wildman–Crippen MR) is 34.5 cm³/mol. The molecule has 1 aliphatic rings. The molecule has 0 bridgehead atoms. The maximum atomic E-state index is 3.27. The fraction of sp³-hybridized carbons (Fsp3) is 0.714. The monoisotopic (exact) mass is 109 g/mol.